The van der Waals surface area contributed by atoms with Gasteiger partial charge in [0.25, 0.3) is 0 Å². The highest BCUT2D eigenvalue weighted by molar-refractivity contribution is 14.0. The van der Waals surface area contributed by atoms with E-state index in [0.717, 1.165) is 25.5 Å². The Morgan fingerprint density at radius 1 is 1.39 bits per heavy atom. The number of halogens is 1. The van der Waals surface area contributed by atoms with Gasteiger partial charge in [0.1, 0.15) is 0 Å². The third-order valence-electron chi connectivity index (χ3n) is 2.65. The molecule has 3 nitrogen and oxygen atoms in total. The van der Waals surface area contributed by atoms with Gasteiger partial charge in [-0.15, -0.1) is 35.3 Å². The van der Waals surface area contributed by atoms with Crippen molar-refractivity contribution in [2.24, 2.45) is 4.99 Å². The van der Waals surface area contributed by atoms with Crippen LogP contribution in [-0.4, -0.2) is 26.1 Å². The fourth-order valence-corrected chi connectivity index (χ4v) is 2.37. The van der Waals surface area contributed by atoms with E-state index in [9.17, 15) is 0 Å². The van der Waals surface area contributed by atoms with Crippen LogP contribution in [0.5, 0.6) is 0 Å². The molecule has 0 aliphatic carbocycles. The third kappa shape index (κ3) is 5.56. The van der Waals surface area contributed by atoms with E-state index in [1.807, 2.05) is 7.05 Å². The maximum Gasteiger partial charge on any atom is 0.191 e. The molecule has 18 heavy (non-hydrogen) atoms. The van der Waals surface area contributed by atoms with Crippen LogP contribution in [0.15, 0.2) is 22.5 Å². The average Bonchev–Trinajstić information content (AvgIpc) is 2.83. The van der Waals surface area contributed by atoms with Gasteiger partial charge in [0.2, 0.25) is 0 Å². The van der Waals surface area contributed by atoms with Crippen LogP contribution in [0.3, 0.4) is 0 Å². The first-order valence-electron chi connectivity index (χ1n) is 6.08. The number of hydrogen-bond donors (Lipinski definition) is 2. The summed E-state index contributed by atoms with van der Waals surface area (Å²) in [5, 5.41) is 8.78. The molecule has 0 atom stereocenters. The molecule has 0 aromatic carbocycles. The van der Waals surface area contributed by atoms with E-state index in [1.54, 1.807) is 11.3 Å². The van der Waals surface area contributed by atoms with Crippen LogP contribution < -0.4 is 10.6 Å². The summed E-state index contributed by atoms with van der Waals surface area (Å²) < 4.78 is 0. The first-order valence-corrected chi connectivity index (χ1v) is 6.96. The van der Waals surface area contributed by atoms with Crippen LogP contribution >= 0.6 is 35.3 Å². The Kier molecular flexibility index (Phi) is 8.60. The Hall–Kier alpha value is -0.300. The van der Waals surface area contributed by atoms with E-state index >= 15 is 0 Å². The van der Waals surface area contributed by atoms with Crippen molar-refractivity contribution in [3.05, 3.63) is 22.4 Å². The smallest absolute Gasteiger partial charge is 0.191 e. The maximum atomic E-state index is 4.21. The molecule has 0 saturated heterocycles. The molecule has 0 aliphatic rings. The SMILES string of the molecule is CCCNC(=NC)NCC(C)(C)c1cccs1.I. The van der Waals surface area contributed by atoms with Crippen LogP contribution in [0.25, 0.3) is 0 Å². The van der Waals surface area contributed by atoms with Crippen molar-refractivity contribution < 1.29 is 0 Å². The summed E-state index contributed by atoms with van der Waals surface area (Å²) in [6, 6.07) is 4.29. The molecule has 1 heterocycles. The fraction of sp³-hybridized carbons (Fsp3) is 0.615. The molecule has 0 bridgehead atoms. The quantitative estimate of drug-likeness (QED) is 0.467. The molecular weight excluding hydrogens is 357 g/mol. The number of rotatable bonds is 5. The van der Waals surface area contributed by atoms with Gasteiger partial charge in [-0.2, -0.15) is 0 Å². The summed E-state index contributed by atoms with van der Waals surface area (Å²) >= 11 is 1.81. The highest BCUT2D eigenvalue weighted by Gasteiger charge is 2.21. The first kappa shape index (κ1) is 17.7. The van der Waals surface area contributed by atoms with Gasteiger partial charge in [0, 0.05) is 30.4 Å². The Morgan fingerprint density at radius 3 is 2.61 bits per heavy atom. The van der Waals surface area contributed by atoms with Crippen molar-refractivity contribution in [1.82, 2.24) is 10.6 Å². The van der Waals surface area contributed by atoms with Crippen molar-refractivity contribution in [3.8, 4) is 0 Å². The molecule has 0 radical (unpaired) electrons. The molecule has 1 rings (SSSR count). The van der Waals surface area contributed by atoms with Crippen molar-refractivity contribution in [1.29, 1.82) is 0 Å². The molecule has 0 spiro atoms. The predicted molar refractivity (Wildman–Crippen MR) is 92.4 cm³/mol. The molecule has 0 fully saturated rings. The van der Waals surface area contributed by atoms with Crippen molar-refractivity contribution >= 4 is 41.3 Å². The van der Waals surface area contributed by atoms with Crippen molar-refractivity contribution in [2.75, 3.05) is 20.1 Å². The number of thiophene rings is 1. The largest absolute Gasteiger partial charge is 0.356 e. The van der Waals surface area contributed by atoms with Gasteiger partial charge in [-0.1, -0.05) is 26.8 Å². The minimum atomic E-state index is 0. The van der Waals surface area contributed by atoms with Crippen LogP contribution in [0.4, 0.5) is 0 Å². The summed E-state index contributed by atoms with van der Waals surface area (Å²) in [5.74, 6) is 0.886. The summed E-state index contributed by atoms with van der Waals surface area (Å²) in [6.07, 6.45) is 1.11. The molecule has 5 heteroatoms. The van der Waals surface area contributed by atoms with Crippen molar-refractivity contribution in [3.63, 3.8) is 0 Å². The molecule has 0 amide bonds. The zero-order chi connectivity index (χ0) is 12.7. The van der Waals surface area contributed by atoms with E-state index in [-0.39, 0.29) is 29.4 Å². The summed E-state index contributed by atoms with van der Waals surface area (Å²) in [7, 11) is 1.81. The second kappa shape index (κ2) is 8.74. The zero-order valence-electron chi connectivity index (χ0n) is 11.6. The number of guanidine groups is 1. The standard InChI is InChI=1S/C13H23N3S.HI/c1-5-8-15-12(14-4)16-10-13(2,3)11-7-6-9-17-11;/h6-7,9H,5,8,10H2,1-4H3,(H2,14,15,16);1H. The van der Waals surface area contributed by atoms with Gasteiger partial charge >= 0.3 is 0 Å². The number of aliphatic imine (C=N–C) groups is 1. The monoisotopic (exact) mass is 381 g/mol. The Morgan fingerprint density at radius 2 is 2.11 bits per heavy atom. The van der Waals surface area contributed by atoms with Crippen molar-refractivity contribution in [2.45, 2.75) is 32.6 Å². The van der Waals surface area contributed by atoms with E-state index in [0.29, 0.717) is 0 Å². The Labute approximate surface area is 131 Å². The zero-order valence-corrected chi connectivity index (χ0v) is 14.8. The third-order valence-corrected chi connectivity index (χ3v) is 3.89. The van der Waals surface area contributed by atoms with Gasteiger partial charge in [0.05, 0.1) is 0 Å². The van der Waals surface area contributed by atoms with Crippen LogP contribution in [0.2, 0.25) is 0 Å². The molecule has 104 valence electrons. The Bertz CT molecular complexity index is 347. The molecular formula is C13H24IN3S. The summed E-state index contributed by atoms with van der Waals surface area (Å²) in [4.78, 5) is 5.61. The lowest BCUT2D eigenvalue weighted by Crippen LogP contribution is -2.43. The summed E-state index contributed by atoms with van der Waals surface area (Å²) in [5.41, 5.74) is 0.137. The minimum Gasteiger partial charge on any atom is -0.356 e. The lowest BCUT2D eigenvalue weighted by molar-refractivity contribution is 0.518. The average molecular weight is 381 g/mol. The lowest BCUT2D eigenvalue weighted by Gasteiger charge is -2.25. The second-order valence-corrected chi connectivity index (χ2v) is 5.66. The summed E-state index contributed by atoms with van der Waals surface area (Å²) in [6.45, 7) is 8.49. The van der Waals surface area contributed by atoms with Gasteiger partial charge in [-0.05, 0) is 17.9 Å². The number of hydrogen-bond acceptors (Lipinski definition) is 2. The number of nitrogens with one attached hydrogen (secondary N) is 2. The molecule has 0 saturated carbocycles. The predicted octanol–water partition coefficient (Wildman–Crippen LogP) is 3.22. The van der Waals surface area contributed by atoms with E-state index < -0.39 is 0 Å². The molecule has 0 unspecified atom stereocenters. The highest BCUT2D eigenvalue weighted by atomic mass is 127. The minimum absolute atomic E-state index is 0. The Balaban J connectivity index is 0.00000289. The van der Waals surface area contributed by atoms with Gasteiger partial charge in [0.15, 0.2) is 5.96 Å². The molecule has 1 aromatic rings. The van der Waals surface area contributed by atoms with Crippen LogP contribution in [0, 0.1) is 0 Å². The van der Waals surface area contributed by atoms with Gasteiger partial charge in [-0.25, -0.2) is 0 Å². The van der Waals surface area contributed by atoms with Gasteiger partial charge < -0.3 is 10.6 Å². The van der Waals surface area contributed by atoms with E-state index in [2.05, 4.69) is 53.9 Å². The van der Waals surface area contributed by atoms with Crippen LogP contribution in [0.1, 0.15) is 32.1 Å². The topological polar surface area (TPSA) is 36.4 Å². The fourth-order valence-electron chi connectivity index (χ4n) is 1.52. The molecule has 2 N–H and O–H groups in total. The molecule has 0 aliphatic heterocycles. The number of nitrogens with zero attached hydrogens (tertiary/aromatic N) is 1. The lowest BCUT2D eigenvalue weighted by atomic mass is 9.91. The highest BCUT2D eigenvalue weighted by Crippen LogP contribution is 2.26. The second-order valence-electron chi connectivity index (χ2n) is 4.71. The van der Waals surface area contributed by atoms with Gasteiger partial charge in [-0.3, -0.25) is 4.99 Å². The van der Waals surface area contributed by atoms with E-state index in [4.69, 9.17) is 0 Å². The first-order chi connectivity index (χ1) is 8.10. The van der Waals surface area contributed by atoms with Crippen LogP contribution in [-0.2, 0) is 5.41 Å². The molecule has 1 aromatic heterocycles. The maximum absolute atomic E-state index is 4.21. The van der Waals surface area contributed by atoms with E-state index in [1.165, 1.54) is 4.88 Å². The normalized spacial score (nSPS) is 11.9.